The quantitative estimate of drug-likeness (QED) is 0.759. The predicted octanol–water partition coefficient (Wildman–Crippen LogP) is 2.80. The van der Waals surface area contributed by atoms with Gasteiger partial charge in [0.2, 0.25) is 0 Å². The number of H-pyrrole nitrogens is 1. The second kappa shape index (κ2) is 6.85. The Morgan fingerprint density at radius 2 is 1.96 bits per heavy atom. The number of ether oxygens (including phenoxy) is 1. The number of nitrogens with zero attached hydrogens (tertiary/aromatic N) is 2. The summed E-state index contributed by atoms with van der Waals surface area (Å²) in [5.41, 5.74) is 2.71. The molecule has 6 nitrogen and oxygen atoms in total. The van der Waals surface area contributed by atoms with Crippen molar-refractivity contribution in [3.05, 3.63) is 66.5 Å². The van der Waals surface area contributed by atoms with E-state index in [1.807, 2.05) is 48.5 Å². The topological polar surface area (TPSA) is 79.9 Å². The van der Waals surface area contributed by atoms with E-state index in [0.29, 0.717) is 17.1 Å². The molecular weight excluding hydrogens is 292 g/mol. The van der Waals surface area contributed by atoms with Crippen molar-refractivity contribution in [2.45, 2.75) is 6.10 Å². The maximum absolute atomic E-state index is 12.5. The molecule has 3 aromatic rings. The highest BCUT2D eigenvalue weighted by Gasteiger charge is 2.21. The molecule has 0 radical (unpaired) electrons. The Morgan fingerprint density at radius 1 is 1.17 bits per heavy atom. The van der Waals surface area contributed by atoms with Crippen LogP contribution in [0.4, 0.5) is 5.69 Å². The molecule has 0 saturated heterocycles. The van der Waals surface area contributed by atoms with Crippen LogP contribution in [0.3, 0.4) is 0 Å². The molecule has 0 fully saturated rings. The average molecular weight is 308 g/mol. The summed E-state index contributed by atoms with van der Waals surface area (Å²) >= 11 is 0. The molecule has 1 amide bonds. The second-order valence-electron chi connectivity index (χ2n) is 4.89. The van der Waals surface area contributed by atoms with Crippen LogP contribution in [0.25, 0.3) is 11.4 Å². The highest BCUT2D eigenvalue weighted by atomic mass is 16.5. The number of pyridine rings is 1. The summed E-state index contributed by atoms with van der Waals surface area (Å²) in [5, 5.41) is 9.69. The van der Waals surface area contributed by atoms with E-state index in [9.17, 15) is 4.79 Å². The molecule has 23 heavy (non-hydrogen) atoms. The van der Waals surface area contributed by atoms with Gasteiger partial charge in [0.25, 0.3) is 5.91 Å². The Labute approximate surface area is 133 Å². The van der Waals surface area contributed by atoms with Crippen molar-refractivity contribution in [1.29, 1.82) is 0 Å². The zero-order chi connectivity index (χ0) is 16.1. The Kier molecular flexibility index (Phi) is 4.44. The first-order valence-electron chi connectivity index (χ1n) is 7.13. The van der Waals surface area contributed by atoms with Gasteiger partial charge < -0.3 is 10.1 Å². The summed E-state index contributed by atoms with van der Waals surface area (Å²) < 4.78 is 5.33. The number of rotatable bonds is 5. The minimum atomic E-state index is -0.692. The van der Waals surface area contributed by atoms with Crippen LogP contribution >= 0.6 is 0 Å². The lowest BCUT2D eigenvalue weighted by molar-refractivity contribution is -0.126. The van der Waals surface area contributed by atoms with Gasteiger partial charge in [-0.2, -0.15) is 5.10 Å². The monoisotopic (exact) mass is 308 g/mol. The minimum absolute atomic E-state index is 0.266. The maximum Gasteiger partial charge on any atom is 0.258 e. The van der Waals surface area contributed by atoms with Gasteiger partial charge in [-0.1, -0.05) is 36.4 Å². The van der Waals surface area contributed by atoms with E-state index in [4.69, 9.17) is 4.74 Å². The molecule has 1 aromatic carbocycles. The van der Waals surface area contributed by atoms with Gasteiger partial charge in [0.15, 0.2) is 6.10 Å². The van der Waals surface area contributed by atoms with E-state index < -0.39 is 6.10 Å². The van der Waals surface area contributed by atoms with Crippen molar-refractivity contribution >= 4 is 11.6 Å². The summed E-state index contributed by atoms with van der Waals surface area (Å²) in [6, 6.07) is 14.9. The van der Waals surface area contributed by atoms with Crippen LogP contribution in [-0.2, 0) is 9.53 Å². The lowest BCUT2D eigenvalue weighted by Gasteiger charge is -2.15. The van der Waals surface area contributed by atoms with Gasteiger partial charge in [-0.3, -0.25) is 14.9 Å². The molecule has 0 aliphatic carbocycles. The number of hydrogen-bond donors (Lipinski definition) is 2. The highest BCUT2D eigenvalue weighted by molar-refractivity contribution is 5.97. The fraction of sp³-hybridized carbons (Fsp3) is 0.118. The molecular formula is C17H16N4O2. The van der Waals surface area contributed by atoms with Gasteiger partial charge in [-0.25, -0.2) is 0 Å². The third-order valence-corrected chi connectivity index (χ3v) is 3.39. The van der Waals surface area contributed by atoms with E-state index in [2.05, 4.69) is 20.5 Å². The first kappa shape index (κ1) is 14.9. The van der Waals surface area contributed by atoms with Crippen LogP contribution in [0.15, 0.2) is 60.9 Å². The highest BCUT2D eigenvalue weighted by Crippen LogP contribution is 2.25. The van der Waals surface area contributed by atoms with E-state index in [0.717, 1.165) is 5.56 Å². The molecule has 0 aliphatic rings. The minimum Gasteiger partial charge on any atom is -0.367 e. The maximum atomic E-state index is 12.5. The molecule has 3 rings (SSSR count). The molecule has 0 aliphatic heterocycles. The molecule has 0 bridgehead atoms. The number of benzene rings is 1. The van der Waals surface area contributed by atoms with Crippen LogP contribution in [0.5, 0.6) is 0 Å². The Morgan fingerprint density at radius 3 is 2.65 bits per heavy atom. The number of hydrogen-bond acceptors (Lipinski definition) is 4. The Balaban J connectivity index is 1.82. The second-order valence-corrected chi connectivity index (χ2v) is 4.89. The zero-order valence-electron chi connectivity index (χ0n) is 12.6. The van der Waals surface area contributed by atoms with Crippen molar-refractivity contribution in [3.63, 3.8) is 0 Å². The van der Waals surface area contributed by atoms with Gasteiger partial charge >= 0.3 is 0 Å². The number of nitrogens with one attached hydrogen (secondary N) is 2. The molecule has 1 atom stereocenters. The van der Waals surface area contributed by atoms with Crippen LogP contribution in [0.2, 0.25) is 0 Å². The van der Waals surface area contributed by atoms with Crippen molar-refractivity contribution in [3.8, 4) is 11.4 Å². The third-order valence-electron chi connectivity index (χ3n) is 3.39. The fourth-order valence-corrected chi connectivity index (χ4v) is 2.31. The molecule has 116 valence electrons. The van der Waals surface area contributed by atoms with Crippen molar-refractivity contribution in [1.82, 2.24) is 15.2 Å². The summed E-state index contributed by atoms with van der Waals surface area (Å²) in [7, 11) is 1.51. The first-order chi connectivity index (χ1) is 11.3. The van der Waals surface area contributed by atoms with Crippen molar-refractivity contribution in [2.24, 2.45) is 0 Å². The number of amides is 1. The molecule has 2 N–H and O–H groups in total. The number of carbonyl (C=O) groups excluding carboxylic acids is 1. The van der Waals surface area contributed by atoms with Gasteiger partial charge in [0.05, 0.1) is 17.6 Å². The lowest BCUT2D eigenvalue weighted by Crippen LogP contribution is -2.22. The lowest BCUT2D eigenvalue weighted by atomic mass is 10.1. The number of aromatic amines is 1. The van der Waals surface area contributed by atoms with Gasteiger partial charge in [-0.15, -0.1) is 0 Å². The summed E-state index contributed by atoms with van der Waals surface area (Å²) in [6.07, 6.45) is 2.55. The van der Waals surface area contributed by atoms with Crippen molar-refractivity contribution in [2.75, 3.05) is 12.4 Å². The summed E-state index contributed by atoms with van der Waals surface area (Å²) in [5.74, 6) is -0.266. The van der Waals surface area contributed by atoms with E-state index >= 15 is 0 Å². The van der Waals surface area contributed by atoms with E-state index in [-0.39, 0.29) is 5.91 Å². The summed E-state index contributed by atoms with van der Waals surface area (Å²) in [6.45, 7) is 0. The molecule has 2 aromatic heterocycles. The normalized spacial score (nSPS) is 11.9. The first-order valence-corrected chi connectivity index (χ1v) is 7.13. The standard InChI is InChI=1S/C17H16N4O2/c1-23-16(12-7-3-2-4-8-12)17(22)20-14-11-19-21-15(14)13-9-5-6-10-18-13/h2-11,16H,1H3,(H,19,21)(H,20,22)/t16-/m1/s1. The fourth-order valence-electron chi connectivity index (χ4n) is 2.31. The summed E-state index contributed by atoms with van der Waals surface area (Å²) in [4.78, 5) is 16.8. The molecule has 0 unspecified atom stereocenters. The molecule has 0 spiro atoms. The number of methoxy groups -OCH3 is 1. The van der Waals surface area contributed by atoms with Crippen LogP contribution in [0.1, 0.15) is 11.7 Å². The van der Waals surface area contributed by atoms with Crippen LogP contribution < -0.4 is 5.32 Å². The largest absolute Gasteiger partial charge is 0.367 e. The zero-order valence-corrected chi connectivity index (χ0v) is 12.6. The predicted molar refractivity (Wildman–Crippen MR) is 86.6 cm³/mol. The van der Waals surface area contributed by atoms with Gasteiger partial charge in [0.1, 0.15) is 5.69 Å². The Bertz CT molecular complexity index is 772. The van der Waals surface area contributed by atoms with Gasteiger partial charge in [0, 0.05) is 13.3 Å². The number of anilines is 1. The smallest absolute Gasteiger partial charge is 0.258 e. The van der Waals surface area contributed by atoms with E-state index in [1.54, 1.807) is 12.4 Å². The van der Waals surface area contributed by atoms with E-state index in [1.165, 1.54) is 7.11 Å². The van der Waals surface area contributed by atoms with Crippen LogP contribution in [-0.4, -0.2) is 28.2 Å². The third kappa shape index (κ3) is 3.27. The van der Waals surface area contributed by atoms with Crippen molar-refractivity contribution < 1.29 is 9.53 Å². The van der Waals surface area contributed by atoms with Crippen LogP contribution in [0, 0.1) is 0 Å². The molecule has 2 heterocycles. The Hall–Kier alpha value is -2.99. The number of aromatic nitrogens is 3. The SMILES string of the molecule is CO[C@@H](C(=O)Nc1cn[nH]c1-c1ccccn1)c1ccccc1. The average Bonchev–Trinajstić information content (AvgIpc) is 3.05. The van der Waals surface area contributed by atoms with Gasteiger partial charge in [-0.05, 0) is 17.7 Å². The number of carbonyl (C=O) groups is 1. The molecule has 0 saturated carbocycles. The molecule has 6 heteroatoms.